The molecule has 1 amide bonds. The first-order valence-corrected chi connectivity index (χ1v) is 8.15. The molecular formula is C16H18N6O5. The molecule has 11 heteroatoms. The number of anilines is 1. The van der Waals surface area contributed by atoms with Gasteiger partial charge in [0.15, 0.2) is 5.82 Å². The fraction of sp³-hybridized carbons (Fsp3) is 0.375. The summed E-state index contributed by atoms with van der Waals surface area (Å²) in [7, 11) is 1.55. The van der Waals surface area contributed by atoms with Crippen LogP contribution in [0.3, 0.4) is 0 Å². The van der Waals surface area contributed by atoms with E-state index in [1.807, 2.05) is 0 Å². The Kier molecular flexibility index (Phi) is 4.75. The lowest BCUT2D eigenvalue weighted by atomic mass is 10.1. The maximum Gasteiger partial charge on any atom is 0.328 e. The fourth-order valence-corrected chi connectivity index (χ4v) is 3.11. The Bertz CT molecular complexity index is 910. The van der Waals surface area contributed by atoms with E-state index in [9.17, 15) is 24.8 Å². The van der Waals surface area contributed by atoms with Gasteiger partial charge in [-0.3, -0.25) is 14.9 Å². The van der Waals surface area contributed by atoms with Crippen LogP contribution in [-0.4, -0.2) is 61.2 Å². The number of nitrogens with zero attached hydrogens (tertiary/aromatic N) is 6. The van der Waals surface area contributed by atoms with Crippen molar-refractivity contribution in [2.75, 3.05) is 18.5 Å². The minimum absolute atomic E-state index is 0.0152. The van der Waals surface area contributed by atoms with E-state index in [-0.39, 0.29) is 31.0 Å². The van der Waals surface area contributed by atoms with Gasteiger partial charge in [-0.25, -0.2) is 4.79 Å². The zero-order chi connectivity index (χ0) is 19.7. The zero-order valence-corrected chi connectivity index (χ0v) is 14.8. The number of fused-ring (bicyclic) bond motifs is 1. The molecule has 0 saturated carbocycles. The van der Waals surface area contributed by atoms with E-state index in [1.165, 1.54) is 28.0 Å². The number of benzene rings is 1. The Morgan fingerprint density at radius 3 is 2.74 bits per heavy atom. The van der Waals surface area contributed by atoms with Crippen molar-refractivity contribution in [3.05, 3.63) is 46.0 Å². The normalized spacial score (nSPS) is 15.9. The molecule has 1 aromatic carbocycles. The number of carboxylic acids is 1. The molecule has 0 saturated heterocycles. The van der Waals surface area contributed by atoms with Crippen molar-refractivity contribution >= 4 is 23.3 Å². The topological polar surface area (TPSA) is 135 Å². The highest BCUT2D eigenvalue weighted by molar-refractivity contribution is 5.87. The van der Waals surface area contributed by atoms with Crippen LogP contribution >= 0.6 is 0 Å². The lowest BCUT2D eigenvalue weighted by Crippen LogP contribution is -2.53. The number of aliphatic carboxylic acids is 1. The number of hydrogen-bond donors (Lipinski definition) is 1. The molecule has 1 atom stereocenters. The number of aryl methyl sites for hydroxylation is 1. The average Bonchev–Trinajstić information content (AvgIpc) is 3.00. The molecule has 1 aliphatic heterocycles. The number of aromatic nitrogens is 3. The van der Waals surface area contributed by atoms with Crippen molar-refractivity contribution < 1.29 is 19.6 Å². The zero-order valence-electron chi connectivity index (χ0n) is 14.8. The Balaban J connectivity index is 1.82. The summed E-state index contributed by atoms with van der Waals surface area (Å²) in [5, 5.41) is 28.6. The van der Waals surface area contributed by atoms with E-state index in [4.69, 9.17) is 0 Å². The molecule has 2 heterocycles. The smallest absolute Gasteiger partial charge is 0.328 e. The summed E-state index contributed by atoms with van der Waals surface area (Å²) in [6.45, 7) is 1.59. The molecule has 142 valence electrons. The third-order valence-corrected chi connectivity index (χ3v) is 4.52. The summed E-state index contributed by atoms with van der Waals surface area (Å²) in [5.41, 5.74) is 0.148. The van der Waals surface area contributed by atoms with Crippen LogP contribution in [0.15, 0.2) is 24.3 Å². The highest BCUT2D eigenvalue weighted by atomic mass is 16.6. The molecule has 0 fully saturated rings. The predicted molar refractivity (Wildman–Crippen MR) is 93.1 cm³/mol. The minimum Gasteiger partial charge on any atom is -0.480 e. The first-order valence-electron chi connectivity index (χ1n) is 8.15. The van der Waals surface area contributed by atoms with Gasteiger partial charge in [0.05, 0.1) is 24.6 Å². The predicted octanol–water partition coefficient (Wildman–Crippen LogP) is 0.427. The summed E-state index contributed by atoms with van der Waals surface area (Å²) in [4.78, 5) is 37.8. The van der Waals surface area contributed by atoms with Gasteiger partial charge in [0.2, 0.25) is 5.91 Å². The van der Waals surface area contributed by atoms with Gasteiger partial charge in [0.25, 0.3) is 5.69 Å². The van der Waals surface area contributed by atoms with Crippen LogP contribution in [0, 0.1) is 17.0 Å². The molecule has 0 radical (unpaired) electrons. The van der Waals surface area contributed by atoms with E-state index in [1.54, 1.807) is 24.6 Å². The number of para-hydroxylation sites is 2. The number of carbonyl (C=O) groups is 2. The number of carbonyl (C=O) groups excluding carboxylic acids is 1. The van der Waals surface area contributed by atoms with E-state index < -0.39 is 22.8 Å². The second-order valence-corrected chi connectivity index (χ2v) is 6.25. The number of rotatable bonds is 5. The van der Waals surface area contributed by atoms with Gasteiger partial charge in [-0.1, -0.05) is 12.1 Å². The standard InChI is InChI=1S/C16H18N6O5/c1-10-17-18-14-8-21(13(16(24)25)7-20(10)14)15(23)9-19(2)11-5-3-4-6-12(11)22(26)27/h3-6,13H,7-9H2,1-2H3,(H,24,25). The van der Waals surface area contributed by atoms with Crippen LogP contribution < -0.4 is 4.90 Å². The van der Waals surface area contributed by atoms with E-state index in [0.29, 0.717) is 11.6 Å². The van der Waals surface area contributed by atoms with Gasteiger partial charge in [-0.15, -0.1) is 10.2 Å². The Morgan fingerprint density at radius 2 is 2.07 bits per heavy atom. The third-order valence-electron chi connectivity index (χ3n) is 4.52. The number of amides is 1. The molecule has 1 N–H and O–H groups in total. The number of nitro groups is 1. The summed E-state index contributed by atoms with van der Waals surface area (Å²) in [6.07, 6.45) is 0. The van der Waals surface area contributed by atoms with Crippen LogP contribution in [0.5, 0.6) is 0 Å². The van der Waals surface area contributed by atoms with Crippen LogP contribution in [0.1, 0.15) is 11.6 Å². The van der Waals surface area contributed by atoms with Gasteiger partial charge < -0.3 is 19.5 Å². The third kappa shape index (κ3) is 3.43. The van der Waals surface area contributed by atoms with Crippen molar-refractivity contribution in [2.45, 2.75) is 26.1 Å². The largest absolute Gasteiger partial charge is 0.480 e. The van der Waals surface area contributed by atoms with Crippen molar-refractivity contribution in [2.24, 2.45) is 0 Å². The van der Waals surface area contributed by atoms with Crippen LogP contribution in [-0.2, 0) is 22.7 Å². The highest BCUT2D eigenvalue weighted by Crippen LogP contribution is 2.27. The van der Waals surface area contributed by atoms with Crippen molar-refractivity contribution in [3.8, 4) is 0 Å². The van der Waals surface area contributed by atoms with Gasteiger partial charge in [-0.05, 0) is 13.0 Å². The summed E-state index contributed by atoms with van der Waals surface area (Å²) in [6, 6.07) is 5.00. The molecule has 1 aromatic heterocycles. The van der Waals surface area contributed by atoms with Crippen LogP contribution in [0.2, 0.25) is 0 Å². The monoisotopic (exact) mass is 374 g/mol. The summed E-state index contributed by atoms with van der Waals surface area (Å²) < 4.78 is 1.67. The molecular weight excluding hydrogens is 356 g/mol. The van der Waals surface area contributed by atoms with Gasteiger partial charge >= 0.3 is 5.97 Å². The molecule has 0 bridgehead atoms. The lowest BCUT2D eigenvalue weighted by molar-refractivity contribution is -0.384. The molecule has 27 heavy (non-hydrogen) atoms. The lowest BCUT2D eigenvalue weighted by Gasteiger charge is -2.34. The molecule has 1 aliphatic rings. The van der Waals surface area contributed by atoms with Gasteiger partial charge in [0, 0.05) is 13.1 Å². The van der Waals surface area contributed by atoms with E-state index in [2.05, 4.69) is 10.2 Å². The number of carboxylic acid groups (broad SMARTS) is 1. The first-order chi connectivity index (χ1) is 12.8. The maximum absolute atomic E-state index is 12.8. The summed E-state index contributed by atoms with van der Waals surface area (Å²) in [5.74, 6) is -0.502. The number of hydrogen-bond acceptors (Lipinski definition) is 7. The average molecular weight is 374 g/mol. The fourth-order valence-electron chi connectivity index (χ4n) is 3.11. The minimum atomic E-state index is -1.13. The maximum atomic E-state index is 12.8. The van der Waals surface area contributed by atoms with Crippen molar-refractivity contribution in [1.29, 1.82) is 0 Å². The van der Waals surface area contributed by atoms with Crippen molar-refractivity contribution in [3.63, 3.8) is 0 Å². The number of nitro benzene ring substituents is 1. The Hall–Kier alpha value is -3.50. The Morgan fingerprint density at radius 1 is 1.37 bits per heavy atom. The van der Waals surface area contributed by atoms with Crippen molar-refractivity contribution in [1.82, 2.24) is 19.7 Å². The summed E-state index contributed by atoms with van der Waals surface area (Å²) >= 11 is 0. The molecule has 0 aliphatic carbocycles. The second-order valence-electron chi connectivity index (χ2n) is 6.25. The molecule has 2 aromatic rings. The van der Waals surface area contributed by atoms with Gasteiger partial charge in [0.1, 0.15) is 17.6 Å². The molecule has 3 rings (SSSR count). The van der Waals surface area contributed by atoms with Gasteiger partial charge in [-0.2, -0.15) is 0 Å². The molecule has 1 unspecified atom stereocenters. The number of likely N-dealkylation sites (N-methyl/N-ethyl adjacent to an activating group) is 1. The molecule has 0 spiro atoms. The second kappa shape index (κ2) is 7.02. The van der Waals surface area contributed by atoms with Crippen LogP contribution in [0.25, 0.3) is 0 Å². The Labute approximate surface area is 154 Å². The quantitative estimate of drug-likeness (QED) is 0.588. The van der Waals surface area contributed by atoms with Crippen LogP contribution in [0.4, 0.5) is 11.4 Å². The highest BCUT2D eigenvalue weighted by Gasteiger charge is 2.36. The van der Waals surface area contributed by atoms with E-state index in [0.717, 1.165) is 0 Å². The molecule has 11 nitrogen and oxygen atoms in total. The SMILES string of the molecule is Cc1nnc2n1CC(C(=O)O)N(C(=O)CN(C)c1ccccc1[N+](=O)[O-])C2. The first kappa shape index (κ1) is 18.3. The van der Waals surface area contributed by atoms with E-state index >= 15 is 0 Å².